The van der Waals surface area contributed by atoms with Crippen molar-refractivity contribution in [2.24, 2.45) is 5.92 Å². The van der Waals surface area contributed by atoms with E-state index in [-0.39, 0.29) is 11.9 Å². The van der Waals surface area contributed by atoms with Crippen LogP contribution in [-0.2, 0) is 11.3 Å². The van der Waals surface area contributed by atoms with E-state index in [1.807, 2.05) is 42.2 Å². The molecule has 1 fully saturated rings. The molecule has 6 heteroatoms. The van der Waals surface area contributed by atoms with Crippen LogP contribution in [0, 0.1) is 5.92 Å². The minimum absolute atomic E-state index is 0.0704. The highest BCUT2D eigenvalue weighted by atomic mass is 16.5. The summed E-state index contributed by atoms with van der Waals surface area (Å²) in [6, 6.07) is 15.0. The van der Waals surface area contributed by atoms with Gasteiger partial charge in [-0.3, -0.25) is 4.79 Å². The summed E-state index contributed by atoms with van der Waals surface area (Å²) < 4.78 is 10.9. The minimum Gasteiger partial charge on any atom is -0.490 e. The number of hydrogen-bond donors (Lipinski definition) is 1. The van der Waals surface area contributed by atoms with Gasteiger partial charge in [0.15, 0.2) is 18.1 Å². The van der Waals surface area contributed by atoms with Crippen LogP contribution in [0.2, 0.25) is 0 Å². The van der Waals surface area contributed by atoms with Crippen LogP contribution < -0.4 is 9.47 Å². The third-order valence-electron chi connectivity index (χ3n) is 5.09. The first-order chi connectivity index (χ1) is 14.0. The zero-order valence-electron chi connectivity index (χ0n) is 16.8. The Morgan fingerprint density at radius 3 is 2.45 bits per heavy atom. The SMILES string of the molecule is CCOc1cc(C(=O)N(Cc2ccccc2)C(C)C2CC2)ccc1OCC(=O)O. The molecule has 1 N–H and O–H groups in total. The van der Waals surface area contributed by atoms with E-state index in [2.05, 4.69) is 6.92 Å². The van der Waals surface area contributed by atoms with Crippen molar-refractivity contribution < 1.29 is 24.2 Å². The number of benzene rings is 2. The molecule has 0 aliphatic heterocycles. The fourth-order valence-electron chi connectivity index (χ4n) is 3.35. The summed E-state index contributed by atoms with van der Waals surface area (Å²) in [5, 5.41) is 8.84. The molecule has 1 unspecified atom stereocenters. The Bertz CT molecular complexity index is 848. The van der Waals surface area contributed by atoms with Crippen molar-refractivity contribution >= 4 is 11.9 Å². The molecule has 2 aromatic rings. The Morgan fingerprint density at radius 2 is 1.83 bits per heavy atom. The van der Waals surface area contributed by atoms with Crippen molar-refractivity contribution in [3.05, 3.63) is 59.7 Å². The van der Waals surface area contributed by atoms with E-state index in [0.29, 0.717) is 36.1 Å². The smallest absolute Gasteiger partial charge is 0.341 e. The van der Waals surface area contributed by atoms with E-state index in [0.717, 1.165) is 18.4 Å². The van der Waals surface area contributed by atoms with Gasteiger partial charge in [-0.15, -0.1) is 0 Å². The normalized spacial score (nSPS) is 14.1. The lowest BCUT2D eigenvalue weighted by Gasteiger charge is -2.30. The molecule has 1 saturated carbocycles. The van der Waals surface area contributed by atoms with Crippen LogP contribution in [0.1, 0.15) is 42.6 Å². The van der Waals surface area contributed by atoms with E-state index in [1.54, 1.807) is 18.2 Å². The summed E-state index contributed by atoms with van der Waals surface area (Å²) in [5.74, 6) is 0.0834. The lowest BCUT2D eigenvalue weighted by molar-refractivity contribution is -0.139. The number of hydrogen-bond acceptors (Lipinski definition) is 4. The van der Waals surface area contributed by atoms with Crippen LogP contribution in [0.5, 0.6) is 11.5 Å². The van der Waals surface area contributed by atoms with Gasteiger partial charge < -0.3 is 19.5 Å². The Balaban J connectivity index is 1.85. The molecule has 0 bridgehead atoms. The van der Waals surface area contributed by atoms with Gasteiger partial charge in [0.05, 0.1) is 6.61 Å². The molecule has 29 heavy (non-hydrogen) atoms. The second-order valence-electron chi connectivity index (χ2n) is 7.27. The first kappa shape index (κ1) is 20.7. The highest BCUT2D eigenvalue weighted by Gasteiger charge is 2.34. The summed E-state index contributed by atoms with van der Waals surface area (Å²) in [5.41, 5.74) is 1.58. The Labute approximate surface area is 171 Å². The number of aliphatic carboxylic acids is 1. The lowest BCUT2D eigenvalue weighted by Crippen LogP contribution is -2.39. The van der Waals surface area contributed by atoms with Gasteiger partial charge in [0.1, 0.15) is 0 Å². The number of carboxylic acid groups (broad SMARTS) is 1. The molecule has 6 nitrogen and oxygen atoms in total. The molecule has 0 saturated heterocycles. The number of carbonyl (C=O) groups is 2. The Morgan fingerprint density at radius 1 is 1.10 bits per heavy atom. The van der Waals surface area contributed by atoms with Gasteiger partial charge in [-0.1, -0.05) is 30.3 Å². The topological polar surface area (TPSA) is 76.1 Å². The zero-order valence-corrected chi connectivity index (χ0v) is 16.8. The first-order valence-electron chi connectivity index (χ1n) is 9.96. The summed E-state index contributed by atoms with van der Waals surface area (Å²) in [4.78, 5) is 26.1. The fourth-order valence-corrected chi connectivity index (χ4v) is 3.35. The molecule has 154 valence electrons. The molecule has 1 aliphatic carbocycles. The van der Waals surface area contributed by atoms with E-state index in [9.17, 15) is 9.59 Å². The average molecular weight is 397 g/mol. The van der Waals surface area contributed by atoms with Crippen LogP contribution >= 0.6 is 0 Å². The lowest BCUT2D eigenvalue weighted by atomic mass is 10.1. The molecule has 1 amide bonds. The Hall–Kier alpha value is -3.02. The van der Waals surface area contributed by atoms with E-state index in [1.165, 1.54) is 0 Å². The standard InChI is InChI=1S/C23H27NO5/c1-3-28-21-13-19(11-12-20(21)29-15-22(25)26)23(27)24(16(2)18-9-10-18)14-17-7-5-4-6-8-17/h4-8,11-13,16,18H,3,9-10,14-15H2,1-2H3,(H,25,26). The number of amides is 1. The number of carbonyl (C=O) groups excluding carboxylic acids is 1. The highest BCUT2D eigenvalue weighted by Crippen LogP contribution is 2.37. The highest BCUT2D eigenvalue weighted by molar-refractivity contribution is 5.95. The third-order valence-corrected chi connectivity index (χ3v) is 5.09. The summed E-state index contributed by atoms with van der Waals surface area (Å²) in [6.45, 7) is 4.39. The van der Waals surface area contributed by atoms with Crippen molar-refractivity contribution in [3.8, 4) is 11.5 Å². The second kappa shape index (κ2) is 9.45. The van der Waals surface area contributed by atoms with Gasteiger partial charge in [-0.25, -0.2) is 4.79 Å². The predicted octanol–water partition coefficient (Wildman–Crippen LogP) is 3.99. The molecule has 1 atom stereocenters. The van der Waals surface area contributed by atoms with Gasteiger partial charge in [-0.05, 0) is 56.4 Å². The molecular formula is C23H27NO5. The molecule has 0 heterocycles. The van der Waals surface area contributed by atoms with Crippen molar-refractivity contribution in [1.29, 1.82) is 0 Å². The van der Waals surface area contributed by atoms with Crippen LogP contribution in [0.4, 0.5) is 0 Å². The molecule has 0 spiro atoms. The summed E-state index contributed by atoms with van der Waals surface area (Å²) in [6.07, 6.45) is 2.29. The largest absolute Gasteiger partial charge is 0.490 e. The minimum atomic E-state index is -1.07. The Kier molecular flexibility index (Phi) is 6.75. The average Bonchev–Trinajstić information content (AvgIpc) is 3.56. The van der Waals surface area contributed by atoms with Crippen molar-refractivity contribution in [2.45, 2.75) is 39.3 Å². The predicted molar refractivity (Wildman–Crippen MR) is 109 cm³/mol. The molecule has 0 radical (unpaired) electrons. The first-order valence-corrected chi connectivity index (χ1v) is 9.96. The van der Waals surface area contributed by atoms with Crippen LogP contribution in [0.3, 0.4) is 0 Å². The van der Waals surface area contributed by atoms with E-state index >= 15 is 0 Å². The van der Waals surface area contributed by atoms with Gasteiger partial charge >= 0.3 is 5.97 Å². The quantitative estimate of drug-likeness (QED) is 0.656. The van der Waals surface area contributed by atoms with Gasteiger partial charge in [0.25, 0.3) is 5.91 Å². The molecule has 3 rings (SSSR count). The van der Waals surface area contributed by atoms with Crippen molar-refractivity contribution in [2.75, 3.05) is 13.2 Å². The maximum atomic E-state index is 13.4. The van der Waals surface area contributed by atoms with Crippen molar-refractivity contribution in [3.63, 3.8) is 0 Å². The summed E-state index contributed by atoms with van der Waals surface area (Å²) in [7, 11) is 0. The fraction of sp³-hybridized carbons (Fsp3) is 0.391. The molecule has 2 aromatic carbocycles. The molecule has 0 aromatic heterocycles. The molecule has 1 aliphatic rings. The zero-order chi connectivity index (χ0) is 20.8. The van der Waals surface area contributed by atoms with Crippen molar-refractivity contribution in [1.82, 2.24) is 4.90 Å². The maximum Gasteiger partial charge on any atom is 0.341 e. The number of rotatable bonds is 10. The number of carboxylic acids is 1. The summed E-state index contributed by atoms with van der Waals surface area (Å²) >= 11 is 0. The second-order valence-corrected chi connectivity index (χ2v) is 7.27. The van der Waals surface area contributed by atoms with Gasteiger partial charge in [-0.2, -0.15) is 0 Å². The van der Waals surface area contributed by atoms with Gasteiger partial charge in [0, 0.05) is 18.2 Å². The van der Waals surface area contributed by atoms with Crippen LogP contribution in [0.15, 0.2) is 48.5 Å². The number of nitrogens with zero attached hydrogens (tertiary/aromatic N) is 1. The van der Waals surface area contributed by atoms with Crippen LogP contribution in [0.25, 0.3) is 0 Å². The maximum absolute atomic E-state index is 13.4. The van der Waals surface area contributed by atoms with Crippen LogP contribution in [-0.4, -0.2) is 41.1 Å². The van der Waals surface area contributed by atoms with E-state index < -0.39 is 12.6 Å². The number of ether oxygens (including phenoxy) is 2. The third kappa shape index (κ3) is 5.50. The van der Waals surface area contributed by atoms with E-state index in [4.69, 9.17) is 14.6 Å². The van der Waals surface area contributed by atoms with Gasteiger partial charge in [0.2, 0.25) is 0 Å². The monoisotopic (exact) mass is 397 g/mol. The molecular weight excluding hydrogens is 370 g/mol.